The molecule has 0 saturated carbocycles. The molecule has 21 heavy (non-hydrogen) atoms. The number of amides is 1. The van der Waals surface area contributed by atoms with E-state index in [1.165, 1.54) is 11.3 Å². The quantitative estimate of drug-likeness (QED) is 0.817. The molecule has 1 aromatic heterocycles. The molecule has 0 spiro atoms. The van der Waals surface area contributed by atoms with Crippen LogP contribution in [0.25, 0.3) is 0 Å². The maximum Gasteiger partial charge on any atom is 0.243 e. The van der Waals surface area contributed by atoms with Gasteiger partial charge in [-0.25, -0.2) is 0 Å². The van der Waals surface area contributed by atoms with Crippen LogP contribution in [0.4, 0.5) is 0 Å². The first-order chi connectivity index (χ1) is 10.2. The minimum absolute atomic E-state index is 0.0714. The highest BCUT2D eigenvalue weighted by molar-refractivity contribution is 7.88. The van der Waals surface area contributed by atoms with Crippen LogP contribution in [0.15, 0.2) is 52.1 Å². The number of rotatable bonds is 6. The summed E-state index contributed by atoms with van der Waals surface area (Å²) in [5.74, 6) is -0.0714. The Labute approximate surface area is 132 Å². The molecule has 2 atom stereocenters. The fourth-order valence-electron chi connectivity index (χ4n) is 2.18. The van der Waals surface area contributed by atoms with Gasteiger partial charge in [-0.15, -0.1) is 11.3 Å². The molecule has 0 saturated heterocycles. The third-order valence-corrected chi connectivity index (χ3v) is 6.19. The molecule has 0 N–H and O–H groups in total. The maximum absolute atomic E-state index is 12.9. The van der Waals surface area contributed by atoms with Crippen LogP contribution in [0.1, 0.15) is 24.7 Å². The summed E-state index contributed by atoms with van der Waals surface area (Å²) in [4.78, 5) is 14.5. The molecule has 3 nitrogen and oxygen atoms in total. The lowest BCUT2D eigenvalue weighted by atomic mass is 10.1. The average Bonchev–Trinajstić information content (AvgIpc) is 3.04. The van der Waals surface area contributed by atoms with E-state index in [1.54, 1.807) is 4.90 Å². The van der Waals surface area contributed by atoms with Gasteiger partial charge in [0, 0.05) is 13.1 Å². The van der Waals surface area contributed by atoms with Gasteiger partial charge in [-0.2, -0.15) is 0 Å². The van der Waals surface area contributed by atoms with Gasteiger partial charge in [-0.1, -0.05) is 36.4 Å². The lowest BCUT2D eigenvalue weighted by Gasteiger charge is -2.24. The number of carbonyl (C=O) groups excluding carboxylic acids is 1. The van der Waals surface area contributed by atoms with Crippen molar-refractivity contribution in [2.24, 2.45) is 0 Å². The van der Waals surface area contributed by atoms with Crippen molar-refractivity contribution in [3.8, 4) is 0 Å². The van der Waals surface area contributed by atoms with Gasteiger partial charge in [0.2, 0.25) is 5.91 Å². The minimum atomic E-state index is -1.37. The van der Waals surface area contributed by atoms with Crippen molar-refractivity contribution in [2.45, 2.75) is 23.3 Å². The smallest absolute Gasteiger partial charge is 0.243 e. The van der Waals surface area contributed by atoms with E-state index in [9.17, 15) is 9.00 Å². The second kappa shape index (κ2) is 7.52. The van der Waals surface area contributed by atoms with Crippen LogP contribution >= 0.6 is 11.3 Å². The summed E-state index contributed by atoms with van der Waals surface area (Å²) in [6.45, 7) is 5.13. The van der Waals surface area contributed by atoms with Crippen LogP contribution in [-0.2, 0) is 15.6 Å². The van der Waals surface area contributed by atoms with Gasteiger partial charge in [0.15, 0.2) is 0 Å². The van der Waals surface area contributed by atoms with E-state index in [1.807, 2.05) is 61.7 Å². The minimum Gasteiger partial charge on any atom is -0.342 e. The predicted octanol–water partition coefficient (Wildman–Crippen LogP) is 3.47. The Bertz CT molecular complexity index is 592. The zero-order chi connectivity index (χ0) is 15.2. The Kier molecular flexibility index (Phi) is 5.70. The van der Waals surface area contributed by atoms with Gasteiger partial charge in [0.1, 0.15) is 5.25 Å². The fraction of sp³-hybridized carbons (Fsp3) is 0.312. The van der Waals surface area contributed by atoms with E-state index in [-0.39, 0.29) is 5.91 Å². The summed E-state index contributed by atoms with van der Waals surface area (Å²) in [6, 6.07) is 13.1. The topological polar surface area (TPSA) is 37.4 Å². The van der Waals surface area contributed by atoms with Crippen LogP contribution in [0, 0.1) is 0 Å². The standard InChI is InChI=1S/C16H19NO2S2/c1-3-17(4-2)16(18)15(13-9-6-5-7-10-13)21(19)14-11-8-12-20-14/h5-12,15H,3-4H2,1-2H3/t15-,21+/m1/s1. The zero-order valence-corrected chi connectivity index (χ0v) is 13.8. The predicted molar refractivity (Wildman–Crippen MR) is 87.8 cm³/mol. The number of hydrogen-bond acceptors (Lipinski definition) is 3. The summed E-state index contributed by atoms with van der Waals surface area (Å²) in [7, 11) is -1.37. The molecule has 0 aliphatic carbocycles. The molecule has 0 fully saturated rings. The van der Waals surface area contributed by atoms with Crippen molar-refractivity contribution in [1.29, 1.82) is 0 Å². The fourth-order valence-corrected chi connectivity index (χ4v) is 4.65. The van der Waals surface area contributed by atoms with Crippen molar-refractivity contribution >= 4 is 28.0 Å². The summed E-state index contributed by atoms with van der Waals surface area (Å²) < 4.78 is 13.6. The molecule has 5 heteroatoms. The number of carbonyl (C=O) groups is 1. The molecule has 0 aliphatic heterocycles. The summed E-state index contributed by atoms with van der Waals surface area (Å²) in [5.41, 5.74) is 0.807. The number of nitrogens with zero attached hydrogens (tertiary/aromatic N) is 1. The Hall–Kier alpha value is -1.46. The number of thiophene rings is 1. The van der Waals surface area contributed by atoms with Crippen LogP contribution < -0.4 is 0 Å². The van der Waals surface area contributed by atoms with E-state index in [0.29, 0.717) is 13.1 Å². The van der Waals surface area contributed by atoms with Crippen molar-refractivity contribution in [2.75, 3.05) is 13.1 Å². The number of benzene rings is 1. The van der Waals surface area contributed by atoms with Crippen molar-refractivity contribution in [1.82, 2.24) is 4.90 Å². The highest BCUT2D eigenvalue weighted by atomic mass is 32.2. The molecule has 0 bridgehead atoms. The van der Waals surface area contributed by atoms with E-state index in [2.05, 4.69) is 0 Å². The van der Waals surface area contributed by atoms with Gasteiger partial charge in [0.25, 0.3) is 0 Å². The van der Waals surface area contributed by atoms with E-state index in [0.717, 1.165) is 9.77 Å². The first-order valence-corrected chi connectivity index (χ1v) is 9.06. The van der Waals surface area contributed by atoms with Crippen molar-refractivity contribution in [3.05, 3.63) is 53.4 Å². The molecule has 1 amide bonds. The molecule has 1 heterocycles. The largest absolute Gasteiger partial charge is 0.342 e. The molecule has 0 aliphatic rings. The molecule has 112 valence electrons. The molecular formula is C16H19NO2S2. The lowest BCUT2D eigenvalue weighted by molar-refractivity contribution is -0.130. The normalized spacial score (nSPS) is 13.6. The van der Waals surface area contributed by atoms with Gasteiger partial charge in [-0.05, 0) is 30.9 Å². The molecule has 0 radical (unpaired) electrons. The Balaban J connectivity index is 2.40. The van der Waals surface area contributed by atoms with Gasteiger partial charge in [0.05, 0.1) is 15.0 Å². The van der Waals surface area contributed by atoms with Gasteiger partial charge in [-0.3, -0.25) is 9.00 Å². The molecule has 2 rings (SSSR count). The highest BCUT2D eigenvalue weighted by Crippen LogP contribution is 2.29. The molecule has 1 aromatic carbocycles. The lowest BCUT2D eigenvalue weighted by Crippen LogP contribution is -2.36. The Morgan fingerprint density at radius 1 is 1.14 bits per heavy atom. The Morgan fingerprint density at radius 2 is 1.81 bits per heavy atom. The van der Waals surface area contributed by atoms with Crippen molar-refractivity contribution < 1.29 is 9.00 Å². The summed E-state index contributed by atoms with van der Waals surface area (Å²) >= 11 is 1.43. The monoisotopic (exact) mass is 321 g/mol. The molecule has 0 unspecified atom stereocenters. The van der Waals surface area contributed by atoms with E-state index < -0.39 is 16.0 Å². The first-order valence-electron chi connectivity index (χ1n) is 6.96. The number of likely N-dealkylation sites (N-methyl/N-ethyl adjacent to an activating group) is 1. The SMILES string of the molecule is CCN(CC)C(=O)[C@@H](c1ccccc1)[S@@](=O)c1cccs1. The Morgan fingerprint density at radius 3 is 2.33 bits per heavy atom. The first kappa shape index (κ1) is 15.9. The van der Waals surface area contributed by atoms with Crippen LogP contribution in [0.5, 0.6) is 0 Å². The number of hydrogen-bond donors (Lipinski definition) is 0. The van der Waals surface area contributed by atoms with Gasteiger partial charge < -0.3 is 4.90 Å². The van der Waals surface area contributed by atoms with Gasteiger partial charge >= 0.3 is 0 Å². The van der Waals surface area contributed by atoms with Crippen molar-refractivity contribution in [3.63, 3.8) is 0 Å². The van der Waals surface area contributed by atoms with E-state index >= 15 is 0 Å². The van der Waals surface area contributed by atoms with E-state index in [4.69, 9.17) is 0 Å². The zero-order valence-electron chi connectivity index (χ0n) is 12.2. The second-order valence-corrected chi connectivity index (χ2v) is 7.24. The van der Waals surface area contributed by atoms with Crippen LogP contribution in [0.2, 0.25) is 0 Å². The van der Waals surface area contributed by atoms with Crippen LogP contribution in [0.3, 0.4) is 0 Å². The summed E-state index contributed by atoms with van der Waals surface area (Å²) in [5, 5.41) is 1.25. The average molecular weight is 321 g/mol. The second-order valence-electron chi connectivity index (χ2n) is 4.53. The molecular weight excluding hydrogens is 302 g/mol. The third kappa shape index (κ3) is 3.60. The molecule has 2 aromatic rings. The maximum atomic E-state index is 12.9. The summed E-state index contributed by atoms with van der Waals surface area (Å²) in [6.07, 6.45) is 0. The van der Waals surface area contributed by atoms with Crippen LogP contribution in [-0.4, -0.2) is 28.1 Å². The highest BCUT2D eigenvalue weighted by Gasteiger charge is 2.31. The third-order valence-electron chi connectivity index (χ3n) is 3.31.